The number of hydrogen-bond acceptors (Lipinski definition) is 4. The van der Waals surface area contributed by atoms with Gasteiger partial charge in [0.1, 0.15) is 16.6 Å². The Morgan fingerprint density at radius 2 is 2.05 bits per heavy atom. The third-order valence-electron chi connectivity index (χ3n) is 2.86. The number of esters is 1. The second-order valence-corrected chi connectivity index (χ2v) is 6.44. The molecule has 11 heteroatoms. The highest BCUT2D eigenvalue weighted by molar-refractivity contribution is 7.89. The normalized spacial score (nSPS) is 14.0. The number of nitrogens with one attached hydrogen (secondary N) is 1. The zero-order chi connectivity index (χ0) is 17.3. The number of carbonyl (C=O) groups is 1. The Kier molecular flexibility index (Phi) is 5.52. The quantitative estimate of drug-likeness (QED) is 0.814. The molecule has 6 nitrogen and oxygen atoms in total. The van der Waals surface area contributed by atoms with Gasteiger partial charge in [0.25, 0.3) is 0 Å². The van der Waals surface area contributed by atoms with E-state index in [1.54, 1.807) is 0 Å². The minimum Gasteiger partial charge on any atom is -0.464 e. The van der Waals surface area contributed by atoms with E-state index in [9.17, 15) is 26.4 Å². The summed E-state index contributed by atoms with van der Waals surface area (Å²) in [7, 11) is -2.18. The number of rotatable bonds is 5. The van der Waals surface area contributed by atoms with E-state index in [0.29, 0.717) is 0 Å². The smallest absolute Gasteiger partial charge is 0.404 e. The predicted octanol–water partition coefficient (Wildman–Crippen LogP) is 2.08. The fourth-order valence-electron chi connectivity index (χ4n) is 1.72. The van der Waals surface area contributed by atoms with Crippen LogP contribution in [0.25, 0.3) is 0 Å². The molecule has 1 N–H and O–H groups in total. The molecule has 0 spiro atoms. The molecule has 1 heterocycles. The lowest BCUT2D eigenvalue weighted by atomic mass is 10.2. The molecule has 0 radical (unpaired) electrons. The molecule has 0 aliphatic heterocycles. The Labute approximate surface area is 130 Å². The van der Waals surface area contributed by atoms with Gasteiger partial charge in [-0.3, -0.25) is 0 Å². The van der Waals surface area contributed by atoms with Gasteiger partial charge in [0.15, 0.2) is 0 Å². The van der Waals surface area contributed by atoms with E-state index in [4.69, 9.17) is 11.6 Å². The molecule has 0 saturated carbocycles. The maximum Gasteiger partial charge on any atom is 0.404 e. The number of aromatic nitrogens is 1. The molecule has 0 aliphatic carbocycles. The molecule has 0 saturated heterocycles. The highest BCUT2D eigenvalue weighted by Gasteiger charge is 2.42. The van der Waals surface area contributed by atoms with Crippen molar-refractivity contribution in [2.45, 2.75) is 30.5 Å². The molecule has 1 atom stereocenters. The van der Waals surface area contributed by atoms with Gasteiger partial charge in [-0.15, -0.1) is 0 Å². The van der Waals surface area contributed by atoms with E-state index in [0.717, 1.165) is 17.9 Å². The van der Waals surface area contributed by atoms with E-state index < -0.39 is 44.5 Å². The van der Waals surface area contributed by atoms with Gasteiger partial charge < -0.3 is 9.30 Å². The molecular formula is C11H14ClF3N2O4S. The van der Waals surface area contributed by atoms with Crippen LogP contribution >= 0.6 is 11.6 Å². The number of sulfonamides is 1. The van der Waals surface area contributed by atoms with Crippen molar-refractivity contribution in [3.63, 3.8) is 0 Å². The van der Waals surface area contributed by atoms with Crippen molar-refractivity contribution >= 4 is 27.6 Å². The number of alkyl halides is 3. The predicted molar refractivity (Wildman–Crippen MR) is 72.2 cm³/mol. The van der Waals surface area contributed by atoms with Gasteiger partial charge in [0, 0.05) is 13.2 Å². The van der Waals surface area contributed by atoms with Crippen LogP contribution in [-0.2, 0) is 21.8 Å². The third-order valence-corrected chi connectivity index (χ3v) is 4.83. The molecular weight excluding hydrogens is 349 g/mol. The van der Waals surface area contributed by atoms with E-state index in [1.165, 1.54) is 18.7 Å². The average Bonchev–Trinajstić information content (AvgIpc) is 2.70. The summed E-state index contributed by atoms with van der Waals surface area (Å²) in [4.78, 5) is 10.9. The van der Waals surface area contributed by atoms with E-state index in [-0.39, 0.29) is 5.69 Å². The molecule has 0 aliphatic rings. The van der Waals surface area contributed by atoms with Gasteiger partial charge in [0.2, 0.25) is 10.0 Å². The summed E-state index contributed by atoms with van der Waals surface area (Å²) in [6, 6.07) is -2.25. The number of ether oxygens (including phenoxy) is 1. The zero-order valence-electron chi connectivity index (χ0n) is 11.9. The van der Waals surface area contributed by atoms with Gasteiger partial charge in [0.05, 0.1) is 12.1 Å². The summed E-state index contributed by atoms with van der Waals surface area (Å²) in [5, 5.41) is -0.501. The average molecular weight is 363 g/mol. The van der Waals surface area contributed by atoms with Crippen LogP contribution in [0, 0.1) is 0 Å². The highest BCUT2D eigenvalue weighted by atomic mass is 35.5. The zero-order valence-corrected chi connectivity index (χ0v) is 13.4. The summed E-state index contributed by atoms with van der Waals surface area (Å²) in [5.74, 6) is -0.906. The van der Waals surface area contributed by atoms with Crippen molar-refractivity contribution in [3.05, 3.63) is 16.9 Å². The van der Waals surface area contributed by atoms with Crippen LogP contribution < -0.4 is 4.72 Å². The fourth-order valence-corrected chi connectivity index (χ4v) is 3.71. The lowest BCUT2D eigenvalue weighted by molar-refractivity contribution is -0.151. The second-order valence-electron chi connectivity index (χ2n) is 4.38. The summed E-state index contributed by atoms with van der Waals surface area (Å²) in [6.07, 6.45) is -4.29. The molecule has 0 bridgehead atoms. The molecule has 1 aromatic heterocycles. The highest BCUT2D eigenvalue weighted by Crippen LogP contribution is 2.30. The Bertz CT molecular complexity index is 670. The number of nitrogens with zero attached hydrogens (tertiary/aromatic N) is 1. The topological polar surface area (TPSA) is 77.4 Å². The van der Waals surface area contributed by atoms with Crippen LogP contribution in [0.2, 0.25) is 5.02 Å². The summed E-state index contributed by atoms with van der Waals surface area (Å²) < 4.78 is 69.3. The first-order chi connectivity index (χ1) is 9.95. The maximum atomic E-state index is 12.7. The Morgan fingerprint density at radius 3 is 2.45 bits per heavy atom. The molecule has 0 fully saturated rings. The monoisotopic (exact) mass is 362 g/mol. The number of hydrogen-bond donors (Lipinski definition) is 1. The third kappa shape index (κ3) is 3.73. The molecule has 1 unspecified atom stereocenters. The largest absolute Gasteiger partial charge is 0.464 e. The van der Waals surface area contributed by atoms with Crippen molar-refractivity contribution in [1.29, 1.82) is 0 Å². The van der Waals surface area contributed by atoms with Crippen molar-refractivity contribution in [1.82, 2.24) is 9.29 Å². The van der Waals surface area contributed by atoms with Gasteiger partial charge in [-0.2, -0.15) is 17.9 Å². The number of halogens is 4. The maximum absolute atomic E-state index is 12.7. The van der Waals surface area contributed by atoms with Crippen LogP contribution in [0.5, 0.6) is 0 Å². The van der Waals surface area contributed by atoms with Crippen molar-refractivity contribution in [2.24, 2.45) is 7.05 Å². The molecule has 0 amide bonds. The number of aryl methyl sites for hydroxylation is 1. The van der Waals surface area contributed by atoms with Gasteiger partial charge in [-0.1, -0.05) is 18.5 Å². The lowest BCUT2D eigenvalue weighted by Gasteiger charge is -2.19. The van der Waals surface area contributed by atoms with Crippen molar-refractivity contribution in [3.8, 4) is 0 Å². The van der Waals surface area contributed by atoms with E-state index >= 15 is 0 Å². The van der Waals surface area contributed by atoms with Crippen LogP contribution in [0.3, 0.4) is 0 Å². The van der Waals surface area contributed by atoms with E-state index in [2.05, 4.69) is 4.74 Å². The lowest BCUT2D eigenvalue weighted by Crippen LogP contribution is -2.44. The van der Waals surface area contributed by atoms with Crippen molar-refractivity contribution < 1.29 is 31.1 Å². The van der Waals surface area contributed by atoms with Crippen LogP contribution in [0.1, 0.15) is 23.8 Å². The van der Waals surface area contributed by atoms with Crippen LogP contribution in [-0.4, -0.2) is 38.3 Å². The fraction of sp³-hybridized carbons (Fsp3) is 0.545. The first-order valence-electron chi connectivity index (χ1n) is 5.97. The second kappa shape index (κ2) is 6.47. The molecule has 1 aromatic rings. The minimum atomic E-state index is -4.74. The molecule has 0 aromatic carbocycles. The minimum absolute atomic E-state index is 0.274. The first kappa shape index (κ1) is 18.8. The van der Waals surface area contributed by atoms with Gasteiger partial charge in [-0.25, -0.2) is 13.2 Å². The number of methoxy groups -OCH3 is 1. The molecule has 22 heavy (non-hydrogen) atoms. The standard InChI is InChI=1S/C11H14ClF3N2O4S/c1-4-7(11(13,14)15)16-22(19,20)6-5-17(2)9(8(6)12)10(18)21-3/h5,7,16H,4H2,1-3H3. The Hall–Kier alpha value is -1.26. The van der Waals surface area contributed by atoms with Gasteiger partial charge in [-0.05, 0) is 6.42 Å². The van der Waals surface area contributed by atoms with Crippen LogP contribution in [0.4, 0.5) is 13.2 Å². The SMILES string of the molecule is CCC(NS(=O)(=O)c1cn(C)c(C(=O)OC)c1Cl)C(F)(F)F. The summed E-state index contributed by atoms with van der Waals surface area (Å²) in [6.45, 7) is 1.19. The van der Waals surface area contributed by atoms with Crippen LogP contribution in [0.15, 0.2) is 11.1 Å². The molecule has 1 rings (SSSR count). The summed E-state index contributed by atoms with van der Waals surface area (Å²) in [5.41, 5.74) is -0.274. The van der Waals surface area contributed by atoms with Gasteiger partial charge >= 0.3 is 12.1 Å². The van der Waals surface area contributed by atoms with E-state index in [1.807, 2.05) is 0 Å². The summed E-state index contributed by atoms with van der Waals surface area (Å²) >= 11 is 5.81. The molecule has 126 valence electrons. The Balaban J connectivity index is 3.28. The number of carbonyl (C=O) groups excluding carboxylic acids is 1. The van der Waals surface area contributed by atoms with Crippen molar-refractivity contribution in [2.75, 3.05) is 7.11 Å². The Morgan fingerprint density at radius 1 is 1.50 bits per heavy atom. The first-order valence-corrected chi connectivity index (χ1v) is 7.84.